The van der Waals surface area contributed by atoms with E-state index in [0.717, 1.165) is 6.07 Å². The molecule has 2 fully saturated rings. The van der Waals surface area contributed by atoms with Crippen LogP contribution in [0, 0.1) is 5.92 Å². The van der Waals surface area contributed by atoms with E-state index in [4.69, 9.17) is 9.26 Å². The molecular weight excluding hydrogens is 290 g/mol. The molecule has 8 nitrogen and oxygen atoms in total. The van der Waals surface area contributed by atoms with Crippen LogP contribution in [0.5, 0.6) is 0 Å². The topological polar surface area (TPSA) is 95.8 Å². The number of hydrogen-bond donors (Lipinski definition) is 1. The van der Waals surface area contributed by atoms with Crippen molar-refractivity contribution < 1.29 is 18.8 Å². The summed E-state index contributed by atoms with van der Waals surface area (Å²) >= 11 is 0. The van der Waals surface area contributed by atoms with Gasteiger partial charge in [-0.1, -0.05) is 0 Å². The third-order valence-corrected chi connectivity index (χ3v) is 4.19. The second-order valence-electron chi connectivity index (χ2n) is 5.58. The van der Waals surface area contributed by atoms with Crippen molar-refractivity contribution in [3.05, 3.63) is 22.2 Å². The second kappa shape index (κ2) is 6.35. The van der Waals surface area contributed by atoms with Gasteiger partial charge in [-0.3, -0.25) is 14.4 Å². The number of nitrogens with zero attached hydrogens (tertiary/aromatic N) is 2. The van der Waals surface area contributed by atoms with Gasteiger partial charge >= 0.3 is 0 Å². The third kappa shape index (κ3) is 3.06. The van der Waals surface area contributed by atoms with E-state index in [0.29, 0.717) is 52.2 Å². The van der Waals surface area contributed by atoms with Gasteiger partial charge in [0.15, 0.2) is 0 Å². The van der Waals surface area contributed by atoms with E-state index < -0.39 is 5.56 Å². The monoisotopic (exact) mass is 309 g/mol. The van der Waals surface area contributed by atoms with Crippen molar-refractivity contribution in [2.45, 2.75) is 12.8 Å². The number of likely N-dealkylation sites (tertiary alicyclic amines) is 1. The molecule has 120 valence electrons. The van der Waals surface area contributed by atoms with Crippen LogP contribution in [0.25, 0.3) is 0 Å². The lowest BCUT2D eigenvalue weighted by atomic mass is 9.95. The second-order valence-corrected chi connectivity index (χ2v) is 5.58. The number of carbonyl (C=O) groups excluding carboxylic acids is 2. The molecule has 0 atom stereocenters. The SMILES string of the molecule is O=C(c1cc(=O)[nH]o1)N1CCC(C(=O)N2CCOCC2)CC1. The molecule has 0 aliphatic carbocycles. The van der Waals surface area contributed by atoms with Gasteiger partial charge in [-0.15, -0.1) is 0 Å². The Morgan fingerprint density at radius 1 is 1.09 bits per heavy atom. The highest BCUT2D eigenvalue weighted by Crippen LogP contribution is 2.21. The number of nitrogens with one attached hydrogen (secondary N) is 1. The molecule has 22 heavy (non-hydrogen) atoms. The molecule has 2 aliphatic rings. The van der Waals surface area contributed by atoms with E-state index in [2.05, 4.69) is 5.16 Å². The molecular formula is C14H19N3O5. The molecule has 3 rings (SSSR count). The molecule has 2 saturated heterocycles. The van der Waals surface area contributed by atoms with Gasteiger partial charge in [-0.25, -0.2) is 0 Å². The highest BCUT2D eigenvalue weighted by atomic mass is 16.5. The predicted octanol–water partition coefficient (Wildman–Crippen LogP) is -0.321. The van der Waals surface area contributed by atoms with Gasteiger partial charge in [0.1, 0.15) is 0 Å². The van der Waals surface area contributed by atoms with E-state index in [1.54, 1.807) is 4.90 Å². The minimum absolute atomic E-state index is 0.0166. The van der Waals surface area contributed by atoms with Gasteiger partial charge in [0, 0.05) is 32.1 Å². The number of amides is 2. The number of morpholine rings is 1. The first kappa shape index (κ1) is 14.8. The zero-order chi connectivity index (χ0) is 15.5. The molecule has 2 aliphatic heterocycles. The molecule has 2 amide bonds. The summed E-state index contributed by atoms with van der Waals surface area (Å²) in [5.74, 6) is -0.178. The summed E-state index contributed by atoms with van der Waals surface area (Å²) in [4.78, 5) is 39.0. The number of hydrogen-bond acceptors (Lipinski definition) is 5. The van der Waals surface area contributed by atoms with Gasteiger partial charge < -0.3 is 19.1 Å². The Morgan fingerprint density at radius 2 is 1.77 bits per heavy atom. The average Bonchev–Trinajstić information content (AvgIpc) is 3.01. The Hall–Kier alpha value is -2.09. The highest BCUT2D eigenvalue weighted by molar-refractivity contribution is 5.91. The first-order valence-electron chi connectivity index (χ1n) is 7.49. The lowest BCUT2D eigenvalue weighted by molar-refractivity contribution is -0.141. The van der Waals surface area contributed by atoms with Gasteiger partial charge in [-0.05, 0) is 12.8 Å². The lowest BCUT2D eigenvalue weighted by Crippen LogP contribution is -2.47. The summed E-state index contributed by atoms with van der Waals surface area (Å²) in [7, 11) is 0. The van der Waals surface area contributed by atoms with Gasteiger partial charge in [0.05, 0.1) is 19.3 Å². The van der Waals surface area contributed by atoms with Crippen LogP contribution in [0.3, 0.4) is 0 Å². The Bertz CT molecular complexity index is 594. The summed E-state index contributed by atoms with van der Waals surface area (Å²) in [6.45, 7) is 3.47. The summed E-state index contributed by atoms with van der Waals surface area (Å²) in [6.07, 6.45) is 1.27. The van der Waals surface area contributed by atoms with Crippen molar-refractivity contribution >= 4 is 11.8 Å². The zero-order valence-corrected chi connectivity index (χ0v) is 12.2. The molecule has 0 radical (unpaired) electrons. The Balaban J connectivity index is 1.54. The molecule has 0 aromatic carbocycles. The maximum atomic E-state index is 12.4. The average molecular weight is 309 g/mol. The van der Waals surface area contributed by atoms with E-state index in [-0.39, 0.29) is 23.5 Å². The Kier molecular flexibility index (Phi) is 4.28. The molecule has 0 bridgehead atoms. The first-order chi connectivity index (χ1) is 10.6. The van der Waals surface area contributed by atoms with E-state index in [1.165, 1.54) is 0 Å². The fourth-order valence-electron chi connectivity index (χ4n) is 2.92. The van der Waals surface area contributed by atoms with E-state index >= 15 is 0 Å². The number of carbonyl (C=O) groups is 2. The maximum absolute atomic E-state index is 12.4. The molecule has 1 aromatic rings. The van der Waals surface area contributed by atoms with Crippen LogP contribution in [0.15, 0.2) is 15.4 Å². The van der Waals surface area contributed by atoms with E-state index in [1.807, 2.05) is 4.90 Å². The van der Waals surface area contributed by atoms with Gasteiger partial charge in [-0.2, -0.15) is 5.16 Å². The molecule has 8 heteroatoms. The molecule has 0 saturated carbocycles. The largest absolute Gasteiger partial charge is 0.378 e. The predicted molar refractivity (Wildman–Crippen MR) is 75.4 cm³/mol. The lowest BCUT2D eigenvalue weighted by Gasteiger charge is -2.35. The third-order valence-electron chi connectivity index (χ3n) is 4.19. The smallest absolute Gasteiger partial charge is 0.292 e. The van der Waals surface area contributed by atoms with Crippen LogP contribution >= 0.6 is 0 Å². The number of piperidine rings is 1. The minimum Gasteiger partial charge on any atom is -0.378 e. The Labute approximate surface area is 127 Å². The van der Waals surface area contributed by atoms with Crippen molar-refractivity contribution in [2.24, 2.45) is 5.92 Å². The van der Waals surface area contributed by atoms with Crippen LogP contribution in [0.1, 0.15) is 23.4 Å². The summed E-state index contributed by atoms with van der Waals surface area (Å²) < 4.78 is 10.1. The quantitative estimate of drug-likeness (QED) is 0.807. The summed E-state index contributed by atoms with van der Waals surface area (Å²) in [5.41, 5.74) is -0.430. The molecule has 3 heterocycles. The summed E-state index contributed by atoms with van der Waals surface area (Å²) in [6, 6.07) is 1.15. The van der Waals surface area contributed by atoms with Crippen LogP contribution in [0.2, 0.25) is 0 Å². The van der Waals surface area contributed by atoms with E-state index in [9.17, 15) is 14.4 Å². The Morgan fingerprint density at radius 3 is 2.36 bits per heavy atom. The number of rotatable bonds is 2. The van der Waals surface area contributed by atoms with Crippen molar-refractivity contribution in [1.29, 1.82) is 0 Å². The van der Waals surface area contributed by atoms with Crippen molar-refractivity contribution in [3.8, 4) is 0 Å². The summed E-state index contributed by atoms with van der Waals surface area (Å²) in [5, 5.41) is 2.11. The standard InChI is InChI=1S/C14H19N3O5/c18-12-9-11(22-15-12)14(20)16-3-1-10(2-4-16)13(19)17-5-7-21-8-6-17/h9-10H,1-8H2,(H,15,18). The van der Waals surface area contributed by atoms with Crippen LogP contribution in [0.4, 0.5) is 0 Å². The van der Waals surface area contributed by atoms with Gasteiger partial charge in [0.25, 0.3) is 11.5 Å². The van der Waals surface area contributed by atoms with Crippen LogP contribution in [-0.4, -0.2) is 66.2 Å². The number of aromatic nitrogens is 1. The molecule has 1 N–H and O–H groups in total. The fourth-order valence-corrected chi connectivity index (χ4v) is 2.92. The highest BCUT2D eigenvalue weighted by Gasteiger charge is 2.31. The molecule has 0 spiro atoms. The van der Waals surface area contributed by atoms with Crippen LogP contribution in [-0.2, 0) is 9.53 Å². The van der Waals surface area contributed by atoms with Crippen LogP contribution < -0.4 is 5.56 Å². The minimum atomic E-state index is -0.430. The van der Waals surface area contributed by atoms with Crippen molar-refractivity contribution in [3.63, 3.8) is 0 Å². The molecule has 0 unspecified atom stereocenters. The van der Waals surface area contributed by atoms with Crippen molar-refractivity contribution in [1.82, 2.24) is 15.0 Å². The number of H-pyrrole nitrogens is 1. The van der Waals surface area contributed by atoms with Gasteiger partial charge in [0.2, 0.25) is 11.7 Å². The zero-order valence-electron chi connectivity index (χ0n) is 12.2. The molecule has 1 aromatic heterocycles. The first-order valence-corrected chi connectivity index (χ1v) is 7.49. The number of aromatic amines is 1. The normalized spacial score (nSPS) is 20.2. The fraction of sp³-hybridized carbons (Fsp3) is 0.643. The number of ether oxygens (including phenoxy) is 1. The maximum Gasteiger partial charge on any atom is 0.292 e. The van der Waals surface area contributed by atoms with Crippen molar-refractivity contribution in [2.75, 3.05) is 39.4 Å².